The molecule has 1 aromatic heterocycles. The van der Waals surface area contributed by atoms with E-state index in [2.05, 4.69) is 5.10 Å². The Morgan fingerprint density at radius 2 is 2.11 bits per heavy atom. The fraction of sp³-hybridized carbons (Fsp3) is 0.182. The van der Waals surface area contributed by atoms with Crippen LogP contribution in [0.1, 0.15) is 11.3 Å². The number of benzene rings is 1. The van der Waals surface area contributed by atoms with Gasteiger partial charge >= 0.3 is 0 Å². The van der Waals surface area contributed by atoms with Gasteiger partial charge in [-0.3, -0.25) is 0 Å². The molecule has 0 amide bonds. The van der Waals surface area contributed by atoms with E-state index in [1.807, 2.05) is 0 Å². The Labute approximate surface area is 104 Å². The summed E-state index contributed by atoms with van der Waals surface area (Å²) < 4.78 is 37.0. The summed E-state index contributed by atoms with van der Waals surface area (Å²) >= 11 is 0. The lowest BCUT2D eigenvalue weighted by atomic mass is 10.2. The maximum absolute atomic E-state index is 13.0. The van der Waals surface area contributed by atoms with E-state index >= 15 is 0 Å². The van der Waals surface area contributed by atoms with E-state index < -0.39 is 10.0 Å². The highest BCUT2D eigenvalue weighted by Crippen LogP contribution is 2.12. The number of hydrogen-bond acceptors (Lipinski definition) is 3. The first-order valence-corrected chi connectivity index (χ1v) is 6.72. The van der Waals surface area contributed by atoms with Gasteiger partial charge in [-0.2, -0.15) is 5.10 Å². The average Bonchev–Trinajstić information content (AvgIpc) is 2.59. The van der Waals surface area contributed by atoms with Crippen molar-refractivity contribution in [3.05, 3.63) is 47.4 Å². The molecule has 0 saturated heterocycles. The molecule has 2 aromatic rings. The van der Waals surface area contributed by atoms with Crippen LogP contribution in [0.15, 0.2) is 35.4 Å². The van der Waals surface area contributed by atoms with Gasteiger partial charge < -0.3 is 0 Å². The number of sulfonamides is 1. The predicted molar refractivity (Wildman–Crippen MR) is 63.8 cm³/mol. The van der Waals surface area contributed by atoms with Gasteiger partial charge in [0.25, 0.3) is 10.0 Å². The Balaban J connectivity index is 2.41. The Kier molecular flexibility index (Phi) is 3.18. The molecule has 7 heteroatoms. The molecule has 1 aromatic carbocycles. The van der Waals surface area contributed by atoms with Crippen LogP contribution in [0.25, 0.3) is 0 Å². The van der Waals surface area contributed by atoms with Crippen molar-refractivity contribution in [3.63, 3.8) is 0 Å². The number of nitrogens with zero attached hydrogens (tertiary/aromatic N) is 2. The van der Waals surface area contributed by atoms with Gasteiger partial charge in [-0.1, -0.05) is 12.1 Å². The molecule has 0 bridgehead atoms. The number of primary sulfonamides is 1. The van der Waals surface area contributed by atoms with E-state index in [4.69, 9.17) is 5.14 Å². The van der Waals surface area contributed by atoms with Crippen molar-refractivity contribution in [2.45, 2.75) is 18.5 Å². The van der Waals surface area contributed by atoms with Gasteiger partial charge in [-0.15, -0.1) is 0 Å². The lowest BCUT2D eigenvalue weighted by Gasteiger charge is -2.05. The zero-order valence-electron chi connectivity index (χ0n) is 9.67. The van der Waals surface area contributed by atoms with Gasteiger partial charge in [0.2, 0.25) is 0 Å². The van der Waals surface area contributed by atoms with Gasteiger partial charge in [0.05, 0.1) is 12.2 Å². The molecule has 2 N–H and O–H groups in total. The SMILES string of the molecule is Cc1cc(S(N)(=O)=O)n(Cc2cccc(F)c2)n1. The van der Waals surface area contributed by atoms with E-state index in [0.29, 0.717) is 11.3 Å². The van der Waals surface area contributed by atoms with E-state index in [0.717, 1.165) is 0 Å². The second-order valence-corrected chi connectivity index (χ2v) is 5.46. The minimum Gasteiger partial charge on any atom is -0.248 e. The smallest absolute Gasteiger partial charge is 0.248 e. The van der Waals surface area contributed by atoms with E-state index in [1.54, 1.807) is 19.1 Å². The number of nitrogens with two attached hydrogens (primary N) is 1. The molecule has 1 heterocycles. The van der Waals surface area contributed by atoms with Crippen molar-refractivity contribution in [3.8, 4) is 0 Å². The molecule has 0 fully saturated rings. The Morgan fingerprint density at radius 1 is 1.39 bits per heavy atom. The van der Waals surface area contributed by atoms with E-state index in [1.165, 1.54) is 22.9 Å². The molecule has 0 unspecified atom stereocenters. The van der Waals surface area contributed by atoms with Gasteiger partial charge in [0, 0.05) is 0 Å². The van der Waals surface area contributed by atoms with Crippen molar-refractivity contribution < 1.29 is 12.8 Å². The zero-order valence-corrected chi connectivity index (χ0v) is 10.5. The van der Waals surface area contributed by atoms with Crippen LogP contribution in [-0.2, 0) is 16.6 Å². The van der Waals surface area contributed by atoms with Crippen LogP contribution >= 0.6 is 0 Å². The van der Waals surface area contributed by atoms with Crippen LogP contribution in [-0.4, -0.2) is 18.2 Å². The molecule has 96 valence electrons. The third kappa shape index (κ3) is 2.74. The van der Waals surface area contributed by atoms with Crippen LogP contribution in [0.3, 0.4) is 0 Å². The number of hydrogen-bond donors (Lipinski definition) is 1. The van der Waals surface area contributed by atoms with Gasteiger partial charge in [0.1, 0.15) is 5.82 Å². The highest BCUT2D eigenvalue weighted by Gasteiger charge is 2.16. The lowest BCUT2D eigenvalue weighted by Crippen LogP contribution is -2.18. The molecule has 0 saturated carbocycles. The summed E-state index contributed by atoms with van der Waals surface area (Å²) in [5, 5.41) is 9.05. The van der Waals surface area contributed by atoms with Crippen molar-refractivity contribution in [2.75, 3.05) is 0 Å². The molecular formula is C11H12FN3O2S. The van der Waals surface area contributed by atoms with E-state index in [-0.39, 0.29) is 17.4 Å². The standard InChI is InChI=1S/C11H12FN3O2S/c1-8-5-11(18(13,16)17)15(14-8)7-9-3-2-4-10(12)6-9/h2-6H,7H2,1H3,(H2,13,16,17). The number of rotatable bonds is 3. The van der Waals surface area contributed by atoms with Crippen molar-refractivity contribution in [1.29, 1.82) is 0 Å². The molecule has 0 aliphatic rings. The molecule has 0 aliphatic carbocycles. The predicted octanol–water partition coefficient (Wildman–Crippen LogP) is 1.03. The average molecular weight is 269 g/mol. The van der Waals surface area contributed by atoms with Crippen LogP contribution in [0.5, 0.6) is 0 Å². The molecule has 0 spiro atoms. The third-order valence-electron chi connectivity index (χ3n) is 2.38. The first-order chi connectivity index (χ1) is 8.36. The molecule has 5 nitrogen and oxygen atoms in total. The minimum absolute atomic E-state index is 0.0794. The topological polar surface area (TPSA) is 78.0 Å². The summed E-state index contributed by atoms with van der Waals surface area (Å²) in [4.78, 5) is 0. The molecule has 18 heavy (non-hydrogen) atoms. The Hall–Kier alpha value is -1.73. The molecule has 0 atom stereocenters. The largest absolute Gasteiger partial charge is 0.255 e. The Morgan fingerprint density at radius 3 is 2.72 bits per heavy atom. The molecule has 2 rings (SSSR count). The highest BCUT2D eigenvalue weighted by atomic mass is 32.2. The summed E-state index contributed by atoms with van der Waals surface area (Å²) in [6.45, 7) is 1.81. The highest BCUT2D eigenvalue weighted by molar-refractivity contribution is 7.89. The fourth-order valence-corrected chi connectivity index (χ4v) is 2.41. The van der Waals surface area contributed by atoms with Crippen LogP contribution in [0, 0.1) is 12.7 Å². The summed E-state index contributed by atoms with van der Waals surface area (Å²) in [5.74, 6) is -0.381. The second kappa shape index (κ2) is 4.51. The zero-order chi connectivity index (χ0) is 13.3. The van der Waals surface area contributed by atoms with E-state index in [9.17, 15) is 12.8 Å². The number of aromatic nitrogens is 2. The quantitative estimate of drug-likeness (QED) is 0.903. The minimum atomic E-state index is -3.84. The van der Waals surface area contributed by atoms with Crippen molar-refractivity contribution in [2.24, 2.45) is 5.14 Å². The van der Waals surface area contributed by atoms with Crippen molar-refractivity contribution in [1.82, 2.24) is 9.78 Å². The van der Waals surface area contributed by atoms with Crippen LogP contribution < -0.4 is 5.14 Å². The normalized spacial score (nSPS) is 11.7. The summed E-state index contributed by atoms with van der Waals surface area (Å²) in [6.07, 6.45) is 0. The number of aryl methyl sites for hydroxylation is 1. The number of halogens is 1. The maximum Gasteiger partial charge on any atom is 0.255 e. The molecular weight excluding hydrogens is 257 g/mol. The monoisotopic (exact) mass is 269 g/mol. The van der Waals surface area contributed by atoms with Gasteiger partial charge in [-0.05, 0) is 30.7 Å². The van der Waals surface area contributed by atoms with Gasteiger partial charge in [-0.25, -0.2) is 22.6 Å². The van der Waals surface area contributed by atoms with Gasteiger partial charge in [0.15, 0.2) is 5.03 Å². The van der Waals surface area contributed by atoms with Crippen LogP contribution in [0.2, 0.25) is 0 Å². The molecule has 0 radical (unpaired) electrons. The van der Waals surface area contributed by atoms with Crippen LogP contribution in [0.4, 0.5) is 4.39 Å². The summed E-state index contributed by atoms with van der Waals surface area (Å²) in [5.41, 5.74) is 1.15. The lowest BCUT2D eigenvalue weighted by molar-refractivity contribution is 0.561. The second-order valence-electron chi connectivity index (χ2n) is 3.96. The fourth-order valence-electron chi connectivity index (χ4n) is 1.67. The van der Waals surface area contributed by atoms with Crippen molar-refractivity contribution >= 4 is 10.0 Å². The third-order valence-corrected chi connectivity index (χ3v) is 3.29. The maximum atomic E-state index is 13.0. The molecule has 0 aliphatic heterocycles. The summed E-state index contributed by atoms with van der Waals surface area (Å²) in [6, 6.07) is 7.27. The Bertz CT molecular complexity index is 679. The first-order valence-electron chi connectivity index (χ1n) is 5.18. The first kappa shape index (κ1) is 12.7. The summed E-state index contributed by atoms with van der Waals surface area (Å²) in [7, 11) is -3.84.